The summed E-state index contributed by atoms with van der Waals surface area (Å²) >= 11 is 0. The van der Waals surface area contributed by atoms with E-state index in [4.69, 9.17) is 10.00 Å². The van der Waals surface area contributed by atoms with E-state index in [9.17, 15) is 0 Å². The first-order chi connectivity index (χ1) is 7.38. The summed E-state index contributed by atoms with van der Waals surface area (Å²) in [5, 5.41) is 12.0. The highest BCUT2D eigenvalue weighted by molar-refractivity contribution is 5.34. The fourth-order valence-electron chi connectivity index (χ4n) is 1.35. The summed E-state index contributed by atoms with van der Waals surface area (Å²) in [6, 6.07) is 10.0. The lowest BCUT2D eigenvalue weighted by Crippen LogP contribution is -2.22. The summed E-state index contributed by atoms with van der Waals surface area (Å²) in [5.41, 5.74) is 0.665. The minimum atomic E-state index is 0.665. The molecule has 3 nitrogen and oxygen atoms in total. The Kier molecular flexibility index (Phi) is 3.21. The Hall–Kier alpha value is -1.53. The summed E-state index contributed by atoms with van der Waals surface area (Å²) in [5.74, 6) is 0.826. The van der Waals surface area contributed by atoms with Crippen molar-refractivity contribution in [2.75, 3.05) is 13.2 Å². The van der Waals surface area contributed by atoms with Crippen LogP contribution in [0.5, 0.6) is 5.75 Å². The van der Waals surface area contributed by atoms with Gasteiger partial charge in [0.2, 0.25) is 0 Å². The zero-order valence-electron chi connectivity index (χ0n) is 8.57. The number of hydrogen-bond donors (Lipinski definition) is 1. The molecule has 0 spiro atoms. The monoisotopic (exact) mass is 202 g/mol. The molecule has 1 aromatic rings. The molecule has 2 rings (SSSR count). The molecule has 1 aliphatic rings. The van der Waals surface area contributed by atoms with Crippen molar-refractivity contribution < 1.29 is 4.74 Å². The van der Waals surface area contributed by atoms with E-state index in [1.54, 1.807) is 12.1 Å². The zero-order valence-corrected chi connectivity index (χ0v) is 8.57. The van der Waals surface area contributed by atoms with Crippen molar-refractivity contribution >= 4 is 0 Å². The molecule has 0 unspecified atom stereocenters. The molecule has 0 aliphatic heterocycles. The summed E-state index contributed by atoms with van der Waals surface area (Å²) in [7, 11) is 0. The Morgan fingerprint density at radius 3 is 2.67 bits per heavy atom. The van der Waals surface area contributed by atoms with Gasteiger partial charge in [0.05, 0.1) is 11.6 Å². The van der Waals surface area contributed by atoms with Crippen LogP contribution in [0.2, 0.25) is 0 Å². The number of benzene rings is 1. The van der Waals surface area contributed by atoms with Gasteiger partial charge in [-0.15, -0.1) is 0 Å². The number of nitriles is 1. The van der Waals surface area contributed by atoms with Gasteiger partial charge in [-0.1, -0.05) is 0 Å². The first-order valence-corrected chi connectivity index (χ1v) is 5.25. The molecule has 1 aromatic carbocycles. The average molecular weight is 202 g/mol. The van der Waals surface area contributed by atoms with E-state index >= 15 is 0 Å². The van der Waals surface area contributed by atoms with Gasteiger partial charge >= 0.3 is 0 Å². The molecule has 1 fully saturated rings. The van der Waals surface area contributed by atoms with Crippen LogP contribution in [-0.2, 0) is 0 Å². The van der Waals surface area contributed by atoms with Crippen LogP contribution in [-0.4, -0.2) is 19.2 Å². The highest BCUT2D eigenvalue weighted by Gasteiger charge is 2.19. The smallest absolute Gasteiger partial charge is 0.119 e. The molecule has 0 aromatic heterocycles. The maximum absolute atomic E-state index is 8.61. The Labute approximate surface area is 89.7 Å². The molecule has 1 saturated carbocycles. The zero-order chi connectivity index (χ0) is 10.5. The predicted molar refractivity (Wildman–Crippen MR) is 57.7 cm³/mol. The Bertz CT molecular complexity index is 349. The van der Waals surface area contributed by atoms with Crippen molar-refractivity contribution in [1.82, 2.24) is 5.32 Å². The van der Waals surface area contributed by atoms with Gasteiger partial charge in [0.25, 0.3) is 0 Å². The van der Waals surface area contributed by atoms with Gasteiger partial charge in [0.1, 0.15) is 12.4 Å². The molecule has 0 saturated heterocycles. The molecule has 1 aliphatic carbocycles. The van der Waals surface area contributed by atoms with Crippen LogP contribution in [0.3, 0.4) is 0 Å². The van der Waals surface area contributed by atoms with Crippen LogP contribution in [0.1, 0.15) is 18.4 Å². The number of nitrogens with zero attached hydrogens (tertiary/aromatic N) is 1. The number of ether oxygens (including phenoxy) is 1. The third kappa shape index (κ3) is 3.26. The van der Waals surface area contributed by atoms with E-state index < -0.39 is 0 Å². The van der Waals surface area contributed by atoms with E-state index in [2.05, 4.69) is 11.4 Å². The summed E-state index contributed by atoms with van der Waals surface area (Å²) in [4.78, 5) is 0. The maximum Gasteiger partial charge on any atom is 0.119 e. The third-order valence-electron chi connectivity index (χ3n) is 2.36. The number of rotatable bonds is 5. The van der Waals surface area contributed by atoms with Gasteiger partial charge in [0.15, 0.2) is 0 Å². The Balaban J connectivity index is 1.70. The second-order valence-electron chi connectivity index (χ2n) is 3.71. The minimum Gasteiger partial charge on any atom is -0.492 e. The van der Waals surface area contributed by atoms with E-state index in [0.717, 1.165) is 18.3 Å². The summed E-state index contributed by atoms with van der Waals surface area (Å²) in [6.45, 7) is 1.58. The second kappa shape index (κ2) is 4.81. The van der Waals surface area contributed by atoms with Gasteiger partial charge < -0.3 is 10.1 Å². The van der Waals surface area contributed by atoms with Gasteiger partial charge in [-0.2, -0.15) is 5.26 Å². The molecule has 78 valence electrons. The molecule has 0 heterocycles. The van der Waals surface area contributed by atoms with Crippen LogP contribution >= 0.6 is 0 Å². The van der Waals surface area contributed by atoms with E-state index in [1.807, 2.05) is 12.1 Å². The Morgan fingerprint density at radius 2 is 2.07 bits per heavy atom. The van der Waals surface area contributed by atoms with Crippen LogP contribution < -0.4 is 10.1 Å². The lowest BCUT2D eigenvalue weighted by molar-refractivity contribution is 0.313. The normalized spacial score (nSPS) is 14.6. The van der Waals surface area contributed by atoms with Crippen molar-refractivity contribution in [3.8, 4) is 11.8 Å². The van der Waals surface area contributed by atoms with Crippen LogP contribution in [0.4, 0.5) is 0 Å². The maximum atomic E-state index is 8.61. The minimum absolute atomic E-state index is 0.665. The quantitative estimate of drug-likeness (QED) is 0.739. The summed E-state index contributed by atoms with van der Waals surface area (Å²) in [6.07, 6.45) is 2.60. The van der Waals surface area contributed by atoms with Gasteiger partial charge in [-0.05, 0) is 37.1 Å². The van der Waals surface area contributed by atoms with E-state index in [-0.39, 0.29) is 0 Å². The third-order valence-corrected chi connectivity index (χ3v) is 2.36. The highest BCUT2D eigenvalue weighted by Crippen LogP contribution is 2.18. The number of hydrogen-bond acceptors (Lipinski definition) is 3. The SMILES string of the molecule is N#Cc1ccc(OCCNC2CC2)cc1. The first kappa shape index (κ1) is 10.0. The van der Waals surface area contributed by atoms with E-state index in [0.29, 0.717) is 12.2 Å². The molecule has 0 bridgehead atoms. The molecule has 0 amide bonds. The molecule has 0 radical (unpaired) electrons. The second-order valence-corrected chi connectivity index (χ2v) is 3.71. The van der Waals surface area contributed by atoms with Crippen LogP contribution in [0, 0.1) is 11.3 Å². The van der Waals surface area contributed by atoms with Gasteiger partial charge in [-0.3, -0.25) is 0 Å². The topological polar surface area (TPSA) is 45.0 Å². The Morgan fingerprint density at radius 1 is 1.33 bits per heavy atom. The lowest BCUT2D eigenvalue weighted by atomic mass is 10.2. The fraction of sp³-hybridized carbons (Fsp3) is 0.417. The van der Waals surface area contributed by atoms with Crippen molar-refractivity contribution in [3.05, 3.63) is 29.8 Å². The van der Waals surface area contributed by atoms with E-state index in [1.165, 1.54) is 12.8 Å². The molecular formula is C12H14N2O. The molecular weight excluding hydrogens is 188 g/mol. The van der Waals surface area contributed by atoms with Crippen molar-refractivity contribution in [2.24, 2.45) is 0 Å². The van der Waals surface area contributed by atoms with Crippen LogP contribution in [0.15, 0.2) is 24.3 Å². The van der Waals surface area contributed by atoms with Crippen LogP contribution in [0.25, 0.3) is 0 Å². The highest BCUT2D eigenvalue weighted by atomic mass is 16.5. The van der Waals surface area contributed by atoms with Gasteiger partial charge in [0, 0.05) is 12.6 Å². The molecule has 0 atom stereocenters. The van der Waals surface area contributed by atoms with Crippen molar-refractivity contribution in [1.29, 1.82) is 5.26 Å². The van der Waals surface area contributed by atoms with Gasteiger partial charge in [-0.25, -0.2) is 0 Å². The largest absolute Gasteiger partial charge is 0.492 e. The fourth-order valence-corrected chi connectivity index (χ4v) is 1.35. The lowest BCUT2D eigenvalue weighted by Gasteiger charge is -2.06. The standard InChI is InChI=1S/C12H14N2O/c13-9-10-1-5-12(6-2-10)15-8-7-14-11-3-4-11/h1-2,5-6,11,14H,3-4,7-8H2. The molecule has 15 heavy (non-hydrogen) atoms. The molecule has 3 heteroatoms. The van der Waals surface area contributed by atoms with Crippen molar-refractivity contribution in [2.45, 2.75) is 18.9 Å². The predicted octanol–water partition coefficient (Wildman–Crippen LogP) is 1.69. The average Bonchev–Trinajstić information content (AvgIpc) is 3.09. The summed E-state index contributed by atoms with van der Waals surface area (Å²) < 4.78 is 5.51. The number of nitrogens with one attached hydrogen (secondary N) is 1. The first-order valence-electron chi connectivity index (χ1n) is 5.25. The molecule has 1 N–H and O–H groups in total. The van der Waals surface area contributed by atoms with Crippen molar-refractivity contribution in [3.63, 3.8) is 0 Å².